The van der Waals surface area contributed by atoms with Crippen molar-refractivity contribution in [2.75, 3.05) is 62.1 Å². The van der Waals surface area contributed by atoms with Crippen molar-refractivity contribution in [2.24, 2.45) is 0 Å². The summed E-state index contributed by atoms with van der Waals surface area (Å²) in [6, 6.07) is 46.0. The SMILES string of the molecule is COc1ccc(N(c2ccc(NC(=O)c3sc(C(=O)Nc4ccc(N(c5ccc(OC)cc5)c5ccc(OC)cc5)cc4)c4c3OCCO4)cc2)c2ccc(OC)cc2)cc1. The van der Waals surface area contributed by atoms with Crippen LogP contribution >= 0.6 is 11.3 Å². The van der Waals surface area contributed by atoms with E-state index < -0.39 is 11.8 Å². The molecule has 0 atom stereocenters. The Balaban J connectivity index is 1.00. The van der Waals surface area contributed by atoms with Crippen LogP contribution in [0.5, 0.6) is 34.5 Å². The van der Waals surface area contributed by atoms with Crippen LogP contribution in [0.25, 0.3) is 0 Å². The van der Waals surface area contributed by atoms with Crippen molar-refractivity contribution in [1.29, 1.82) is 0 Å². The largest absolute Gasteiger partial charge is 0.497 e. The fraction of sp³-hybridized carbons (Fsp3) is 0.125. The van der Waals surface area contributed by atoms with E-state index in [1.54, 1.807) is 28.4 Å². The number of hydrogen-bond acceptors (Lipinski definition) is 11. The molecule has 13 heteroatoms. The van der Waals surface area contributed by atoms with E-state index in [0.717, 1.165) is 68.5 Å². The number of amides is 2. The standard InChI is InChI=1S/C48H42N4O8S/c1-55-39-21-13-35(14-22-39)51(36-15-23-40(56-2)24-16-36)33-9-5-31(6-10-33)49-47(53)45-43-44(60-30-29-59-43)46(61-45)48(54)50-32-7-11-34(12-8-32)52(37-17-25-41(57-3)26-18-37)38-19-27-42(58-4)28-20-38/h5-28H,29-30H2,1-4H3,(H,49,53)(H,50,54). The highest BCUT2D eigenvalue weighted by Crippen LogP contribution is 2.45. The first-order chi connectivity index (χ1) is 29.8. The zero-order valence-electron chi connectivity index (χ0n) is 33.8. The molecular formula is C48H42N4O8S. The Hall–Kier alpha value is -7.64. The quantitative estimate of drug-likeness (QED) is 0.110. The third-order valence-electron chi connectivity index (χ3n) is 9.90. The Morgan fingerprint density at radius 3 is 0.918 bits per heavy atom. The molecule has 7 aromatic rings. The van der Waals surface area contributed by atoms with Crippen molar-refractivity contribution in [2.45, 2.75) is 0 Å². The lowest BCUT2D eigenvalue weighted by molar-refractivity contribution is 0.100. The van der Waals surface area contributed by atoms with Gasteiger partial charge in [0.05, 0.1) is 28.4 Å². The molecule has 0 spiro atoms. The van der Waals surface area contributed by atoms with E-state index in [9.17, 15) is 9.59 Å². The van der Waals surface area contributed by atoms with Crippen LogP contribution in [0, 0.1) is 0 Å². The second kappa shape index (κ2) is 18.1. The van der Waals surface area contributed by atoms with Crippen LogP contribution < -0.4 is 48.9 Å². The molecular weight excluding hydrogens is 793 g/mol. The first-order valence-electron chi connectivity index (χ1n) is 19.3. The zero-order chi connectivity index (χ0) is 42.3. The van der Waals surface area contributed by atoms with Gasteiger partial charge < -0.3 is 48.9 Å². The van der Waals surface area contributed by atoms with Gasteiger partial charge in [0.1, 0.15) is 46.0 Å². The van der Waals surface area contributed by atoms with Crippen LogP contribution in [-0.4, -0.2) is 53.5 Å². The molecule has 1 aliphatic rings. The Kier molecular flexibility index (Phi) is 11.9. The smallest absolute Gasteiger partial charge is 0.269 e. The molecule has 1 aromatic heterocycles. The van der Waals surface area contributed by atoms with Gasteiger partial charge in [0.2, 0.25) is 0 Å². The van der Waals surface area contributed by atoms with Crippen molar-refractivity contribution < 1.29 is 38.0 Å². The van der Waals surface area contributed by atoms with Crippen LogP contribution in [0.2, 0.25) is 0 Å². The van der Waals surface area contributed by atoms with E-state index in [0.29, 0.717) is 11.4 Å². The maximum absolute atomic E-state index is 13.8. The Bertz CT molecular complexity index is 2320. The molecule has 6 aromatic carbocycles. The molecule has 0 saturated carbocycles. The summed E-state index contributed by atoms with van der Waals surface area (Å²) in [6.45, 7) is 0.485. The van der Waals surface area contributed by atoms with E-state index in [-0.39, 0.29) is 34.5 Å². The fourth-order valence-electron chi connectivity index (χ4n) is 6.83. The number of ether oxygens (including phenoxy) is 6. The molecule has 0 fully saturated rings. The maximum Gasteiger partial charge on any atom is 0.269 e. The molecule has 308 valence electrons. The summed E-state index contributed by atoms with van der Waals surface area (Å²) < 4.78 is 33.4. The molecule has 12 nitrogen and oxygen atoms in total. The summed E-state index contributed by atoms with van der Waals surface area (Å²) >= 11 is 1.02. The van der Waals surface area contributed by atoms with Crippen molar-refractivity contribution in [3.63, 3.8) is 0 Å². The van der Waals surface area contributed by atoms with E-state index >= 15 is 0 Å². The highest BCUT2D eigenvalue weighted by molar-refractivity contribution is 7.17. The molecule has 2 amide bonds. The third-order valence-corrected chi connectivity index (χ3v) is 11.1. The summed E-state index contributed by atoms with van der Waals surface area (Å²) in [5.74, 6) is 2.61. The summed E-state index contributed by atoms with van der Waals surface area (Å²) in [4.78, 5) is 32.3. The highest BCUT2D eigenvalue weighted by atomic mass is 32.1. The number of benzene rings is 6. The average Bonchev–Trinajstić information content (AvgIpc) is 3.71. The lowest BCUT2D eigenvalue weighted by atomic mass is 10.1. The van der Waals surface area contributed by atoms with Gasteiger partial charge in [-0.05, 0) is 146 Å². The lowest BCUT2D eigenvalue weighted by Gasteiger charge is -2.26. The van der Waals surface area contributed by atoms with Crippen LogP contribution in [0.15, 0.2) is 146 Å². The van der Waals surface area contributed by atoms with Crippen molar-refractivity contribution in [1.82, 2.24) is 0 Å². The summed E-state index contributed by atoms with van der Waals surface area (Å²) in [7, 11) is 6.53. The van der Waals surface area contributed by atoms with Gasteiger partial charge in [0.25, 0.3) is 11.8 Å². The molecule has 0 radical (unpaired) electrons. The number of methoxy groups -OCH3 is 4. The van der Waals surface area contributed by atoms with Crippen LogP contribution in [0.4, 0.5) is 45.5 Å². The lowest BCUT2D eigenvalue weighted by Crippen LogP contribution is -2.19. The molecule has 2 N–H and O–H groups in total. The first-order valence-corrected chi connectivity index (χ1v) is 20.1. The minimum Gasteiger partial charge on any atom is -0.497 e. The molecule has 61 heavy (non-hydrogen) atoms. The first kappa shape index (κ1) is 40.2. The normalized spacial score (nSPS) is 11.5. The van der Waals surface area contributed by atoms with E-state index in [2.05, 4.69) is 20.4 Å². The van der Waals surface area contributed by atoms with Crippen molar-refractivity contribution >= 4 is 68.7 Å². The Labute approximate surface area is 357 Å². The summed E-state index contributed by atoms with van der Waals surface area (Å²) in [5, 5.41) is 5.95. The molecule has 0 bridgehead atoms. The van der Waals surface area contributed by atoms with Gasteiger partial charge in [-0.3, -0.25) is 9.59 Å². The van der Waals surface area contributed by atoms with Gasteiger partial charge in [-0.25, -0.2) is 0 Å². The topological polar surface area (TPSA) is 120 Å². The minimum atomic E-state index is -0.428. The fourth-order valence-corrected chi connectivity index (χ4v) is 7.81. The van der Waals surface area contributed by atoms with Gasteiger partial charge >= 0.3 is 0 Å². The predicted octanol–water partition coefficient (Wildman–Crippen LogP) is 11.0. The number of hydrogen-bond donors (Lipinski definition) is 2. The number of thiophene rings is 1. The molecule has 0 unspecified atom stereocenters. The number of fused-ring (bicyclic) bond motifs is 1. The monoisotopic (exact) mass is 834 g/mol. The maximum atomic E-state index is 13.8. The second-order valence-corrected chi connectivity index (χ2v) is 14.6. The van der Waals surface area contributed by atoms with Gasteiger partial charge in [-0.1, -0.05) is 0 Å². The number of carbonyl (C=O) groups excluding carboxylic acids is 2. The Morgan fingerprint density at radius 1 is 0.426 bits per heavy atom. The molecule has 2 heterocycles. The predicted molar refractivity (Wildman–Crippen MR) is 240 cm³/mol. The van der Waals surface area contributed by atoms with Gasteiger partial charge in [0, 0.05) is 45.5 Å². The highest BCUT2D eigenvalue weighted by Gasteiger charge is 2.32. The van der Waals surface area contributed by atoms with E-state index in [4.69, 9.17) is 28.4 Å². The van der Waals surface area contributed by atoms with E-state index in [1.807, 2.05) is 146 Å². The van der Waals surface area contributed by atoms with Gasteiger partial charge in [-0.15, -0.1) is 11.3 Å². The van der Waals surface area contributed by atoms with Gasteiger partial charge in [0.15, 0.2) is 11.5 Å². The summed E-state index contributed by atoms with van der Waals surface area (Å²) in [5.41, 5.74) is 6.49. The van der Waals surface area contributed by atoms with Gasteiger partial charge in [-0.2, -0.15) is 0 Å². The number of nitrogens with one attached hydrogen (secondary N) is 2. The van der Waals surface area contributed by atoms with Crippen LogP contribution in [0.3, 0.4) is 0 Å². The molecule has 1 aliphatic heterocycles. The number of rotatable bonds is 14. The van der Waals surface area contributed by atoms with E-state index in [1.165, 1.54) is 0 Å². The zero-order valence-corrected chi connectivity index (χ0v) is 34.7. The summed E-state index contributed by atoms with van der Waals surface area (Å²) in [6.07, 6.45) is 0. The molecule has 8 rings (SSSR count). The second-order valence-electron chi connectivity index (χ2n) is 13.6. The Morgan fingerprint density at radius 2 is 0.672 bits per heavy atom. The molecule has 0 saturated heterocycles. The average molecular weight is 835 g/mol. The number of anilines is 8. The number of carbonyl (C=O) groups is 2. The third kappa shape index (κ3) is 8.73. The van der Waals surface area contributed by atoms with Crippen molar-refractivity contribution in [3.8, 4) is 34.5 Å². The van der Waals surface area contributed by atoms with Crippen molar-refractivity contribution in [3.05, 3.63) is 155 Å². The van der Waals surface area contributed by atoms with Crippen LogP contribution in [-0.2, 0) is 0 Å². The molecule has 0 aliphatic carbocycles. The van der Waals surface area contributed by atoms with Crippen LogP contribution in [0.1, 0.15) is 19.3 Å². The minimum absolute atomic E-state index is 0.229. The number of nitrogens with zero attached hydrogens (tertiary/aromatic N) is 2.